The molecule has 4 rings (SSSR count). The first kappa shape index (κ1) is 16.3. The van der Waals surface area contributed by atoms with Crippen molar-refractivity contribution in [3.05, 3.63) is 30.2 Å². The summed E-state index contributed by atoms with van der Waals surface area (Å²) >= 11 is 0. The molecule has 0 unspecified atom stereocenters. The standard InChI is InChI=1S/C18H25N5O2/c24-17(22-12-8-15(9-13-22)23-11-3-10-19-23)7-6-16-20-18(21-25-16)14-4-1-2-5-14/h3,10-11,14-15H,1-2,4-9,12-13H2. The molecule has 3 heterocycles. The van der Waals surface area contributed by atoms with Gasteiger partial charge in [0.05, 0.1) is 6.04 Å². The molecule has 2 aromatic heterocycles. The van der Waals surface area contributed by atoms with Crippen LogP contribution in [0.4, 0.5) is 0 Å². The SMILES string of the molecule is O=C(CCc1nc(C2CCCC2)no1)N1CCC(n2cccn2)CC1. The quantitative estimate of drug-likeness (QED) is 0.834. The fourth-order valence-corrected chi connectivity index (χ4v) is 3.97. The minimum Gasteiger partial charge on any atom is -0.343 e. The van der Waals surface area contributed by atoms with Gasteiger partial charge < -0.3 is 9.42 Å². The Balaban J connectivity index is 1.24. The van der Waals surface area contributed by atoms with Crippen LogP contribution in [0.15, 0.2) is 23.0 Å². The van der Waals surface area contributed by atoms with E-state index >= 15 is 0 Å². The molecule has 0 N–H and O–H groups in total. The van der Waals surface area contributed by atoms with Crippen molar-refractivity contribution in [1.29, 1.82) is 0 Å². The van der Waals surface area contributed by atoms with Gasteiger partial charge in [-0.15, -0.1) is 0 Å². The summed E-state index contributed by atoms with van der Waals surface area (Å²) in [7, 11) is 0. The third-order valence-corrected chi connectivity index (χ3v) is 5.47. The maximum atomic E-state index is 12.4. The Hall–Kier alpha value is -2.18. The van der Waals surface area contributed by atoms with Crippen molar-refractivity contribution in [2.24, 2.45) is 0 Å². The zero-order chi connectivity index (χ0) is 17.1. The lowest BCUT2D eigenvalue weighted by atomic mass is 10.0. The predicted octanol–water partition coefficient (Wildman–Crippen LogP) is 2.72. The first-order chi connectivity index (χ1) is 12.3. The van der Waals surface area contributed by atoms with E-state index in [0.29, 0.717) is 30.7 Å². The molecule has 7 nitrogen and oxygen atoms in total. The number of hydrogen-bond donors (Lipinski definition) is 0. The molecule has 0 spiro atoms. The van der Waals surface area contributed by atoms with Gasteiger partial charge in [-0.25, -0.2) is 0 Å². The minimum atomic E-state index is 0.180. The van der Waals surface area contributed by atoms with Crippen molar-refractivity contribution >= 4 is 5.91 Å². The molecular formula is C18H25N5O2. The van der Waals surface area contributed by atoms with Crippen molar-refractivity contribution < 1.29 is 9.32 Å². The molecule has 1 aliphatic carbocycles. The molecule has 0 radical (unpaired) electrons. The van der Waals surface area contributed by atoms with Gasteiger partial charge in [0, 0.05) is 44.2 Å². The summed E-state index contributed by atoms with van der Waals surface area (Å²) < 4.78 is 7.34. The van der Waals surface area contributed by atoms with Crippen LogP contribution >= 0.6 is 0 Å². The molecule has 1 amide bonds. The molecule has 0 aromatic carbocycles. The maximum absolute atomic E-state index is 12.4. The summed E-state index contributed by atoms with van der Waals surface area (Å²) in [5.74, 6) is 2.07. The molecule has 1 aliphatic heterocycles. The normalized spacial score (nSPS) is 19.6. The molecule has 2 aliphatic rings. The van der Waals surface area contributed by atoms with Crippen LogP contribution in [0, 0.1) is 0 Å². The lowest BCUT2D eigenvalue weighted by molar-refractivity contribution is -0.132. The summed E-state index contributed by atoms with van der Waals surface area (Å²) in [6, 6.07) is 2.35. The van der Waals surface area contributed by atoms with Crippen molar-refractivity contribution in [3.8, 4) is 0 Å². The Bertz CT molecular complexity index is 682. The first-order valence-electron chi connectivity index (χ1n) is 9.39. The first-order valence-corrected chi connectivity index (χ1v) is 9.39. The lowest BCUT2D eigenvalue weighted by Crippen LogP contribution is -2.39. The lowest BCUT2D eigenvalue weighted by Gasteiger charge is -2.32. The Morgan fingerprint density at radius 3 is 2.72 bits per heavy atom. The summed E-state index contributed by atoms with van der Waals surface area (Å²) in [4.78, 5) is 18.9. The third kappa shape index (κ3) is 3.75. The predicted molar refractivity (Wildman–Crippen MR) is 90.9 cm³/mol. The van der Waals surface area contributed by atoms with E-state index in [2.05, 4.69) is 15.2 Å². The number of piperidine rings is 1. The highest BCUT2D eigenvalue weighted by molar-refractivity contribution is 5.76. The van der Waals surface area contributed by atoms with E-state index in [0.717, 1.165) is 44.6 Å². The number of hydrogen-bond acceptors (Lipinski definition) is 5. The van der Waals surface area contributed by atoms with Gasteiger partial charge in [0.1, 0.15) is 0 Å². The second-order valence-electron chi connectivity index (χ2n) is 7.13. The Labute approximate surface area is 147 Å². The Morgan fingerprint density at radius 1 is 1.20 bits per heavy atom. The number of likely N-dealkylation sites (tertiary alicyclic amines) is 1. The van der Waals surface area contributed by atoms with Gasteiger partial charge in [-0.2, -0.15) is 10.1 Å². The van der Waals surface area contributed by atoms with Gasteiger partial charge in [-0.3, -0.25) is 9.48 Å². The van der Waals surface area contributed by atoms with Crippen molar-refractivity contribution in [2.75, 3.05) is 13.1 Å². The zero-order valence-corrected chi connectivity index (χ0v) is 14.5. The highest BCUT2D eigenvalue weighted by Gasteiger charge is 2.25. The summed E-state index contributed by atoms with van der Waals surface area (Å²) in [6.45, 7) is 1.58. The van der Waals surface area contributed by atoms with E-state index in [9.17, 15) is 4.79 Å². The molecule has 1 saturated heterocycles. The van der Waals surface area contributed by atoms with Gasteiger partial charge in [0.15, 0.2) is 5.82 Å². The topological polar surface area (TPSA) is 77.0 Å². The number of amides is 1. The number of aryl methyl sites for hydroxylation is 1. The van der Waals surface area contributed by atoms with Crippen LogP contribution in [0.2, 0.25) is 0 Å². The number of nitrogens with zero attached hydrogens (tertiary/aromatic N) is 5. The van der Waals surface area contributed by atoms with Gasteiger partial charge in [-0.1, -0.05) is 18.0 Å². The second kappa shape index (κ2) is 7.37. The Morgan fingerprint density at radius 2 is 2.00 bits per heavy atom. The fraction of sp³-hybridized carbons (Fsp3) is 0.667. The van der Waals surface area contributed by atoms with Crippen LogP contribution in [-0.2, 0) is 11.2 Å². The average Bonchev–Trinajstić information content (AvgIpc) is 3.42. The summed E-state index contributed by atoms with van der Waals surface area (Å²) in [5.41, 5.74) is 0. The van der Waals surface area contributed by atoms with E-state index in [1.54, 1.807) is 0 Å². The van der Waals surface area contributed by atoms with Crippen LogP contribution in [0.25, 0.3) is 0 Å². The highest BCUT2D eigenvalue weighted by atomic mass is 16.5. The number of carbonyl (C=O) groups is 1. The molecule has 25 heavy (non-hydrogen) atoms. The molecule has 7 heteroatoms. The van der Waals surface area contributed by atoms with Gasteiger partial charge >= 0.3 is 0 Å². The largest absolute Gasteiger partial charge is 0.343 e. The van der Waals surface area contributed by atoms with E-state index < -0.39 is 0 Å². The van der Waals surface area contributed by atoms with E-state index in [1.807, 2.05) is 28.0 Å². The number of carbonyl (C=O) groups excluding carboxylic acids is 1. The van der Waals surface area contributed by atoms with Gasteiger partial charge in [0.25, 0.3) is 0 Å². The van der Waals surface area contributed by atoms with Crippen molar-refractivity contribution in [1.82, 2.24) is 24.8 Å². The average molecular weight is 343 g/mol. The molecule has 134 valence electrons. The van der Waals surface area contributed by atoms with Crippen LogP contribution in [0.5, 0.6) is 0 Å². The Kier molecular flexibility index (Phi) is 4.81. The third-order valence-electron chi connectivity index (χ3n) is 5.47. The van der Waals surface area contributed by atoms with Crippen LogP contribution in [0.1, 0.15) is 68.6 Å². The minimum absolute atomic E-state index is 0.180. The van der Waals surface area contributed by atoms with E-state index in [4.69, 9.17) is 4.52 Å². The van der Waals surface area contributed by atoms with Crippen LogP contribution in [0.3, 0.4) is 0 Å². The van der Waals surface area contributed by atoms with Gasteiger partial charge in [-0.05, 0) is 31.7 Å². The molecule has 0 atom stereocenters. The number of rotatable bonds is 5. The fourth-order valence-electron chi connectivity index (χ4n) is 3.97. The monoisotopic (exact) mass is 343 g/mol. The molecule has 2 fully saturated rings. The smallest absolute Gasteiger partial charge is 0.227 e. The molecular weight excluding hydrogens is 318 g/mol. The summed E-state index contributed by atoms with van der Waals surface area (Å²) in [5, 5.41) is 8.41. The van der Waals surface area contributed by atoms with Crippen molar-refractivity contribution in [3.63, 3.8) is 0 Å². The zero-order valence-electron chi connectivity index (χ0n) is 14.5. The van der Waals surface area contributed by atoms with Crippen molar-refractivity contribution in [2.45, 2.75) is 63.3 Å². The summed E-state index contributed by atoms with van der Waals surface area (Å²) in [6.07, 6.45) is 11.5. The molecule has 0 bridgehead atoms. The van der Waals surface area contributed by atoms with E-state index in [-0.39, 0.29) is 5.91 Å². The van der Waals surface area contributed by atoms with Crippen LogP contribution in [-0.4, -0.2) is 43.8 Å². The molecule has 1 saturated carbocycles. The number of aromatic nitrogens is 4. The maximum Gasteiger partial charge on any atom is 0.227 e. The molecule has 2 aromatic rings. The van der Waals surface area contributed by atoms with Crippen LogP contribution < -0.4 is 0 Å². The van der Waals surface area contributed by atoms with Gasteiger partial charge in [0.2, 0.25) is 11.8 Å². The highest BCUT2D eigenvalue weighted by Crippen LogP contribution is 2.32. The second-order valence-corrected chi connectivity index (χ2v) is 7.13. The van der Waals surface area contributed by atoms with E-state index in [1.165, 1.54) is 12.8 Å².